The third-order valence-electron chi connectivity index (χ3n) is 22.1. The molecule has 1 aliphatic rings. The van der Waals surface area contributed by atoms with Crippen LogP contribution in [0.4, 0.5) is 0 Å². The number of likely N-dealkylation sites (tertiary alicyclic amines) is 1. The van der Waals surface area contributed by atoms with Crippen molar-refractivity contribution in [1.82, 2.24) is 99.3 Å². The van der Waals surface area contributed by atoms with Crippen molar-refractivity contribution >= 4 is 107 Å². The third-order valence-corrected chi connectivity index (χ3v) is 22.1. The molecule has 1 aromatic carbocycles. The Hall–Kier alpha value is -12.2. The molecule has 1 fully saturated rings. The Labute approximate surface area is 783 Å². The smallest absolute Gasteiger partial charge is 0.326 e. The number of carbonyl (C=O) groups excluding carboxylic acids is 15. The summed E-state index contributed by atoms with van der Waals surface area (Å²) in [6.07, 6.45) is 5.44. The lowest BCUT2D eigenvalue weighted by Gasteiger charge is -2.31. The fraction of sp³-hybridized carbons (Fsp3) is 0.655. The van der Waals surface area contributed by atoms with Gasteiger partial charge in [-0.1, -0.05) is 78.3 Å². The molecule has 754 valence electrons. The Kier molecular flexibility index (Phi) is 52.5. The quantitative estimate of drug-likeness (QED) is 0.0234. The molecular formula is C87H143N25O23. The van der Waals surface area contributed by atoms with E-state index in [-0.39, 0.29) is 159 Å². The lowest BCUT2D eigenvalue weighted by Crippen LogP contribution is -2.62. The van der Waals surface area contributed by atoms with Crippen LogP contribution in [0, 0.1) is 17.8 Å². The number of aromatic nitrogens is 4. The number of aliphatic carboxylic acids is 3. The van der Waals surface area contributed by atoms with Crippen molar-refractivity contribution in [2.24, 2.45) is 52.2 Å². The highest BCUT2D eigenvalue weighted by Crippen LogP contribution is 2.22. The number of amides is 15. The molecule has 3 aromatic rings. The summed E-state index contributed by atoms with van der Waals surface area (Å²) in [6.45, 7) is 8.68. The van der Waals surface area contributed by atoms with Gasteiger partial charge in [-0.15, -0.1) is 0 Å². The van der Waals surface area contributed by atoms with Crippen LogP contribution < -0.4 is 109 Å². The van der Waals surface area contributed by atoms with Crippen molar-refractivity contribution in [1.29, 1.82) is 0 Å². The van der Waals surface area contributed by atoms with E-state index in [2.05, 4.69) is 94.4 Å². The minimum Gasteiger partial charge on any atom is -0.481 e. The largest absolute Gasteiger partial charge is 0.481 e. The number of nitrogens with zero attached hydrogens (tertiary/aromatic N) is 3. The predicted molar refractivity (Wildman–Crippen MR) is 489 cm³/mol. The number of hydrogen-bond acceptors (Lipinski definition) is 28. The Morgan fingerprint density at radius 2 is 0.719 bits per heavy atom. The molecule has 1 aliphatic heterocycles. The molecule has 48 heteroatoms. The van der Waals surface area contributed by atoms with E-state index in [1.54, 1.807) is 71.9 Å². The molecule has 0 spiro atoms. The second-order valence-corrected chi connectivity index (χ2v) is 34.7. The minimum absolute atomic E-state index is 0.00939. The van der Waals surface area contributed by atoms with E-state index < -0.39 is 235 Å². The average Bonchev–Trinajstić information content (AvgIpc) is 1.80. The van der Waals surface area contributed by atoms with Gasteiger partial charge in [0.1, 0.15) is 90.6 Å². The summed E-state index contributed by atoms with van der Waals surface area (Å²) in [7, 11) is 0. The van der Waals surface area contributed by atoms with E-state index in [1.165, 1.54) is 25.0 Å². The predicted octanol–water partition coefficient (Wildman–Crippen LogP) is -6.32. The standard InChI is InChI=1S/C87H143N25O23/c1-48(2)35-59(76(123)108-65(41-70(117)118)86(133)112-34-20-28-68(112)84(131)100-57(26-13-18-32-91)75(122)109-66(44-113)82(129)101-58(87(134)135)27-14-19-33-92)107-85(132)71(50(5)6)111-81(128)60(36-49(3)4)103-73(120)55(24-11-16-30-89)99-80(127)64(40-69(115)116)106-74(121)56(25-12-17-31-90)98-78(125)62(38-52-42-94-46-96-52)105-83(130)67(45-114)110-79(126)63(39-53-43-95-47-97-53)104-77(124)61(37-51-21-8-7-9-22-51)102-72(119)54(93)23-10-15-29-88/h7-9,21-22,42-43,46-50,54-68,71,113-114H,10-20,23-41,44-45,88-93H2,1-6H3,(H,94,96)(H,95,97)(H,98,125)(H,99,127)(H,100,131)(H,101,129)(H,102,119)(H,103,120)(H,104,124)(H,105,130)(H,106,121)(H,107,132)(H,108,123)(H,109,122)(H,110,126)(H,111,128)(H,115,116)(H,117,118)(H,134,135)/t54-,55-,56-,57-,58-,59-,60-,61-,62-,63-,64-,65-,66-,67-,68-,71-/m0/s1. The van der Waals surface area contributed by atoms with E-state index in [1.807, 2.05) is 0 Å². The number of hydrogen-bond donors (Lipinski definition) is 27. The van der Waals surface area contributed by atoms with Gasteiger partial charge in [0.25, 0.3) is 0 Å². The summed E-state index contributed by atoms with van der Waals surface area (Å²) in [4.78, 5) is 267. The summed E-state index contributed by atoms with van der Waals surface area (Å²) in [5, 5.41) is 86.4. The van der Waals surface area contributed by atoms with Gasteiger partial charge in [0.15, 0.2) is 0 Å². The Balaban J connectivity index is 1.57. The molecule has 16 atom stereocenters. The zero-order valence-electron chi connectivity index (χ0n) is 77.7. The van der Waals surface area contributed by atoms with Crippen molar-refractivity contribution in [2.45, 2.75) is 292 Å². The maximum absolute atomic E-state index is 14.7. The number of nitrogens with one attached hydrogen (secondary N) is 16. The van der Waals surface area contributed by atoms with E-state index in [4.69, 9.17) is 34.4 Å². The van der Waals surface area contributed by atoms with Crippen molar-refractivity contribution in [2.75, 3.05) is 52.5 Å². The molecule has 1 saturated heterocycles. The van der Waals surface area contributed by atoms with Crippen LogP contribution >= 0.6 is 0 Å². The molecule has 33 N–H and O–H groups in total. The van der Waals surface area contributed by atoms with E-state index in [0.29, 0.717) is 49.9 Å². The van der Waals surface area contributed by atoms with Crippen molar-refractivity contribution in [3.8, 4) is 0 Å². The van der Waals surface area contributed by atoms with Crippen LogP contribution in [0.1, 0.15) is 193 Å². The number of carboxylic acid groups (broad SMARTS) is 3. The normalized spacial score (nSPS) is 15.8. The van der Waals surface area contributed by atoms with Crippen molar-refractivity contribution < 1.29 is 112 Å². The molecular weight excluding hydrogens is 1760 g/mol. The van der Waals surface area contributed by atoms with Crippen LogP contribution in [-0.4, -0.2) is 306 Å². The molecule has 2 aromatic heterocycles. The minimum atomic E-state index is -2.01. The number of carbonyl (C=O) groups is 18. The number of carboxylic acids is 3. The fourth-order valence-corrected chi connectivity index (χ4v) is 14.8. The number of benzene rings is 1. The van der Waals surface area contributed by atoms with Gasteiger partial charge in [-0.2, -0.15) is 0 Å². The third kappa shape index (κ3) is 41.7. The van der Waals surface area contributed by atoms with Gasteiger partial charge >= 0.3 is 17.9 Å². The maximum Gasteiger partial charge on any atom is 0.326 e. The number of aliphatic hydroxyl groups excluding tert-OH is 2. The highest BCUT2D eigenvalue weighted by Gasteiger charge is 2.44. The number of aromatic amines is 2. The highest BCUT2D eigenvalue weighted by molar-refractivity contribution is 6.02. The molecule has 0 unspecified atom stereocenters. The monoisotopic (exact) mass is 1910 g/mol. The van der Waals surface area contributed by atoms with Gasteiger partial charge < -0.3 is 149 Å². The van der Waals surface area contributed by atoms with Gasteiger partial charge in [0.2, 0.25) is 88.6 Å². The highest BCUT2D eigenvalue weighted by atomic mass is 16.4. The number of imidazole rings is 2. The van der Waals surface area contributed by atoms with Crippen LogP contribution in [0.5, 0.6) is 0 Å². The summed E-state index contributed by atoms with van der Waals surface area (Å²) in [5.74, 6) is -21.1. The summed E-state index contributed by atoms with van der Waals surface area (Å²) in [5.41, 5.74) is 36.0. The topological polar surface area (TPSA) is 794 Å². The van der Waals surface area contributed by atoms with Crippen LogP contribution in [0.15, 0.2) is 55.4 Å². The van der Waals surface area contributed by atoms with Crippen molar-refractivity contribution in [3.05, 3.63) is 72.3 Å². The van der Waals surface area contributed by atoms with Crippen LogP contribution in [0.2, 0.25) is 0 Å². The molecule has 135 heavy (non-hydrogen) atoms. The lowest BCUT2D eigenvalue weighted by atomic mass is 9.98. The fourth-order valence-electron chi connectivity index (χ4n) is 14.8. The molecule has 3 heterocycles. The second kappa shape index (κ2) is 61.6. The molecule has 48 nitrogen and oxygen atoms in total. The first-order valence-corrected chi connectivity index (χ1v) is 45.9. The summed E-state index contributed by atoms with van der Waals surface area (Å²) in [6, 6.07) is -16.2. The molecule has 0 aliphatic carbocycles. The number of nitrogens with two attached hydrogens (primary N) is 6. The average molecular weight is 1910 g/mol. The first kappa shape index (κ1) is 115. The van der Waals surface area contributed by atoms with Gasteiger partial charge in [0, 0.05) is 49.6 Å². The summed E-state index contributed by atoms with van der Waals surface area (Å²) < 4.78 is 0. The van der Waals surface area contributed by atoms with E-state index >= 15 is 0 Å². The molecule has 4 rings (SSSR count). The Morgan fingerprint density at radius 3 is 1.13 bits per heavy atom. The van der Waals surface area contributed by atoms with E-state index in [0.717, 1.165) is 4.90 Å². The number of H-pyrrole nitrogens is 2. The maximum atomic E-state index is 14.7. The second-order valence-electron chi connectivity index (χ2n) is 34.7. The zero-order valence-corrected chi connectivity index (χ0v) is 77.7. The Morgan fingerprint density at radius 1 is 0.385 bits per heavy atom. The first-order valence-electron chi connectivity index (χ1n) is 45.9. The first-order chi connectivity index (χ1) is 64.2. The number of rotatable bonds is 67. The molecule has 0 saturated carbocycles. The van der Waals surface area contributed by atoms with Crippen LogP contribution in [0.3, 0.4) is 0 Å². The van der Waals surface area contributed by atoms with Crippen LogP contribution in [0.25, 0.3) is 0 Å². The molecule has 0 bridgehead atoms. The molecule has 0 radical (unpaired) electrons. The van der Waals surface area contributed by atoms with Gasteiger partial charge in [-0.05, 0) is 172 Å². The van der Waals surface area contributed by atoms with Gasteiger partial charge in [0.05, 0.1) is 44.8 Å². The zero-order chi connectivity index (χ0) is 100. The Bertz CT molecular complexity index is 4280. The van der Waals surface area contributed by atoms with Crippen molar-refractivity contribution in [3.63, 3.8) is 0 Å². The lowest BCUT2D eigenvalue weighted by molar-refractivity contribution is -0.146. The van der Waals surface area contributed by atoms with Gasteiger partial charge in [-0.3, -0.25) is 81.5 Å². The number of aliphatic hydroxyl groups is 2. The number of unbranched alkanes of at least 4 members (excludes halogenated alkanes) is 5. The SMILES string of the molecule is CC(C)C[C@H](NC(=O)[C@H](CCCCN)NC(=O)[C@H](CC(=O)O)NC(=O)[C@H](CCCCN)NC(=O)[C@H](Cc1cnc[nH]1)NC(=O)[C@H](CO)NC(=O)[C@H](Cc1cnc[nH]1)NC(=O)[C@H](Cc1ccccc1)NC(=O)[C@@H](N)CCCCN)C(=O)N[C@H](C(=O)N[C@@H](CC(C)C)C(=O)N[C@@H](CC(=O)O)C(=O)N1CCC[C@H]1C(=O)N[C@@H](CCCCN)C(=O)N[C@@H](CO)C(=O)N[C@@H](CCCCN)C(=O)O)C(C)C. The van der Waals surface area contributed by atoms with Gasteiger partial charge in [-0.25, -0.2) is 14.8 Å². The summed E-state index contributed by atoms with van der Waals surface area (Å²) >= 11 is 0. The van der Waals surface area contributed by atoms with Crippen LogP contribution in [-0.2, 0) is 106 Å². The molecule has 15 amide bonds. The van der Waals surface area contributed by atoms with E-state index in [9.17, 15) is 112 Å².